The molecule has 0 saturated heterocycles. The Morgan fingerprint density at radius 1 is 1.05 bits per heavy atom. The second-order valence-corrected chi connectivity index (χ2v) is 4.31. The van der Waals surface area contributed by atoms with Crippen molar-refractivity contribution in [3.8, 4) is 17.2 Å². The number of phenols is 1. The van der Waals surface area contributed by atoms with E-state index in [4.69, 9.17) is 13.9 Å². The number of hydrogen-bond acceptors (Lipinski definition) is 5. The molecule has 0 atom stereocenters. The minimum absolute atomic E-state index is 0.0108. The maximum Gasteiger partial charge on any atom is 0.204 e. The lowest BCUT2D eigenvalue weighted by molar-refractivity contribution is 0.396. The van der Waals surface area contributed by atoms with Gasteiger partial charge in [0.05, 0.1) is 19.6 Å². The first-order valence-electron chi connectivity index (χ1n) is 5.95. The zero-order valence-corrected chi connectivity index (χ0v) is 11.0. The van der Waals surface area contributed by atoms with Gasteiger partial charge in [0.2, 0.25) is 5.43 Å². The van der Waals surface area contributed by atoms with E-state index in [-0.39, 0.29) is 11.2 Å². The van der Waals surface area contributed by atoms with Crippen molar-refractivity contribution in [2.45, 2.75) is 0 Å². The number of hydrogen-bond donors (Lipinski definition) is 1. The topological polar surface area (TPSA) is 68.9 Å². The quantitative estimate of drug-likeness (QED) is 0.726. The molecule has 0 fully saturated rings. The molecule has 0 amide bonds. The number of methoxy groups -OCH3 is 2. The van der Waals surface area contributed by atoms with E-state index in [1.54, 1.807) is 18.2 Å². The molecule has 0 aliphatic carbocycles. The molecule has 0 unspecified atom stereocenters. The van der Waals surface area contributed by atoms with Gasteiger partial charge in [0.15, 0.2) is 0 Å². The average molecular weight is 272 g/mol. The molecule has 0 aliphatic rings. The van der Waals surface area contributed by atoms with Crippen molar-refractivity contribution in [3.05, 3.63) is 40.6 Å². The van der Waals surface area contributed by atoms with Gasteiger partial charge in [-0.3, -0.25) is 4.79 Å². The Morgan fingerprint density at radius 2 is 1.85 bits per heavy atom. The molecular formula is C15H12O5. The third kappa shape index (κ3) is 1.75. The summed E-state index contributed by atoms with van der Waals surface area (Å²) in [7, 11) is 3.00. The van der Waals surface area contributed by atoms with Crippen molar-refractivity contribution < 1.29 is 19.0 Å². The molecule has 0 spiro atoms. The summed E-state index contributed by atoms with van der Waals surface area (Å²) in [5.41, 5.74) is 0.525. The molecule has 0 aliphatic heterocycles. The van der Waals surface area contributed by atoms with Gasteiger partial charge in [0, 0.05) is 12.1 Å². The Balaban J connectivity index is 2.52. The van der Waals surface area contributed by atoms with Crippen LogP contribution in [-0.2, 0) is 0 Å². The van der Waals surface area contributed by atoms with Gasteiger partial charge in [-0.2, -0.15) is 0 Å². The Bertz CT molecular complexity index is 863. The highest BCUT2D eigenvalue weighted by atomic mass is 16.5. The second kappa shape index (κ2) is 4.45. The standard InChI is InChI=1S/C15H12O5/c1-18-9-6-12(19-2)14-13(7-9)20-11-4-3-8(16)5-10(11)15(14)17/h3-7,16H,1-2H3. The van der Waals surface area contributed by atoms with E-state index < -0.39 is 0 Å². The normalized spacial score (nSPS) is 10.9. The van der Waals surface area contributed by atoms with E-state index in [2.05, 4.69) is 0 Å². The minimum atomic E-state index is -0.253. The van der Waals surface area contributed by atoms with Crippen LogP contribution < -0.4 is 14.9 Å². The van der Waals surface area contributed by atoms with Gasteiger partial charge in [-0.15, -0.1) is 0 Å². The molecule has 5 nitrogen and oxygen atoms in total. The Labute approximate surface area is 114 Å². The van der Waals surface area contributed by atoms with Gasteiger partial charge in [0.25, 0.3) is 0 Å². The van der Waals surface area contributed by atoms with Crippen LogP contribution in [0.5, 0.6) is 17.2 Å². The van der Waals surface area contributed by atoms with Gasteiger partial charge in [-0.1, -0.05) is 0 Å². The van der Waals surface area contributed by atoms with E-state index in [1.807, 2.05) is 0 Å². The van der Waals surface area contributed by atoms with Gasteiger partial charge >= 0.3 is 0 Å². The van der Waals surface area contributed by atoms with Crippen molar-refractivity contribution in [1.29, 1.82) is 0 Å². The molecule has 1 aromatic heterocycles. The Hall–Kier alpha value is -2.69. The van der Waals surface area contributed by atoms with Crippen LogP contribution in [0.15, 0.2) is 39.5 Å². The predicted molar refractivity (Wildman–Crippen MR) is 74.8 cm³/mol. The van der Waals surface area contributed by atoms with Gasteiger partial charge in [-0.25, -0.2) is 0 Å². The van der Waals surface area contributed by atoms with E-state index in [1.165, 1.54) is 26.4 Å². The molecule has 20 heavy (non-hydrogen) atoms. The van der Waals surface area contributed by atoms with E-state index >= 15 is 0 Å². The molecule has 3 aromatic rings. The van der Waals surface area contributed by atoms with E-state index in [0.29, 0.717) is 33.4 Å². The second-order valence-electron chi connectivity index (χ2n) is 4.31. The number of fused-ring (bicyclic) bond motifs is 2. The largest absolute Gasteiger partial charge is 0.508 e. The fourth-order valence-corrected chi connectivity index (χ4v) is 2.19. The molecule has 0 bridgehead atoms. The molecule has 0 saturated carbocycles. The number of benzene rings is 2. The first-order chi connectivity index (χ1) is 9.63. The van der Waals surface area contributed by atoms with Crippen LogP contribution in [0.25, 0.3) is 21.9 Å². The van der Waals surface area contributed by atoms with Crippen molar-refractivity contribution >= 4 is 21.9 Å². The lowest BCUT2D eigenvalue weighted by Crippen LogP contribution is -2.04. The summed E-state index contributed by atoms with van der Waals surface area (Å²) in [6.07, 6.45) is 0. The van der Waals surface area contributed by atoms with E-state index in [0.717, 1.165) is 0 Å². The molecule has 1 heterocycles. The maximum atomic E-state index is 12.5. The van der Waals surface area contributed by atoms with Crippen molar-refractivity contribution in [2.75, 3.05) is 14.2 Å². The third-order valence-electron chi connectivity index (χ3n) is 3.15. The van der Waals surface area contributed by atoms with Crippen LogP contribution in [0.1, 0.15) is 0 Å². The van der Waals surface area contributed by atoms with Crippen molar-refractivity contribution in [2.24, 2.45) is 0 Å². The molecule has 102 valence electrons. The first kappa shape index (κ1) is 12.3. The van der Waals surface area contributed by atoms with Gasteiger partial charge < -0.3 is 19.0 Å². The average Bonchev–Trinajstić information content (AvgIpc) is 2.47. The van der Waals surface area contributed by atoms with Gasteiger partial charge in [0.1, 0.15) is 33.8 Å². The van der Waals surface area contributed by atoms with Crippen molar-refractivity contribution in [1.82, 2.24) is 0 Å². The highest BCUT2D eigenvalue weighted by Crippen LogP contribution is 2.31. The fraction of sp³-hybridized carbons (Fsp3) is 0.133. The SMILES string of the molecule is COc1cc(OC)c2c(=O)c3cc(O)ccc3oc2c1. The van der Waals surface area contributed by atoms with Crippen LogP contribution in [0, 0.1) is 0 Å². The fourth-order valence-electron chi connectivity index (χ4n) is 2.19. The summed E-state index contributed by atoms with van der Waals surface area (Å²) >= 11 is 0. The van der Waals surface area contributed by atoms with Crippen LogP contribution in [0.4, 0.5) is 0 Å². The molecule has 2 aromatic carbocycles. The monoisotopic (exact) mass is 272 g/mol. The lowest BCUT2D eigenvalue weighted by atomic mass is 10.1. The molecule has 3 rings (SSSR count). The smallest absolute Gasteiger partial charge is 0.204 e. The van der Waals surface area contributed by atoms with E-state index in [9.17, 15) is 9.90 Å². The minimum Gasteiger partial charge on any atom is -0.508 e. The highest BCUT2D eigenvalue weighted by Gasteiger charge is 2.14. The third-order valence-corrected chi connectivity index (χ3v) is 3.15. The Kier molecular flexibility index (Phi) is 2.75. The summed E-state index contributed by atoms with van der Waals surface area (Å²) < 4.78 is 16.1. The number of ether oxygens (including phenoxy) is 2. The van der Waals surface area contributed by atoms with Crippen LogP contribution in [0.2, 0.25) is 0 Å². The summed E-state index contributed by atoms with van der Waals surface area (Å²) in [5.74, 6) is 0.922. The Morgan fingerprint density at radius 3 is 2.55 bits per heavy atom. The molecule has 5 heteroatoms. The number of aromatic hydroxyl groups is 1. The van der Waals surface area contributed by atoms with Crippen LogP contribution in [0.3, 0.4) is 0 Å². The predicted octanol–water partition coefficient (Wildman–Crippen LogP) is 2.67. The van der Waals surface area contributed by atoms with Crippen LogP contribution in [-0.4, -0.2) is 19.3 Å². The zero-order chi connectivity index (χ0) is 14.3. The molecule has 1 N–H and O–H groups in total. The molecular weight excluding hydrogens is 260 g/mol. The first-order valence-corrected chi connectivity index (χ1v) is 5.95. The number of rotatable bonds is 2. The maximum absolute atomic E-state index is 12.5. The lowest BCUT2D eigenvalue weighted by Gasteiger charge is -2.08. The van der Waals surface area contributed by atoms with Crippen molar-refractivity contribution in [3.63, 3.8) is 0 Å². The highest BCUT2D eigenvalue weighted by molar-refractivity contribution is 5.94. The summed E-state index contributed by atoms with van der Waals surface area (Å²) in [6, 6.07) is 7.65. The summed E-state index contributed by atoms with van der Waals surface area (Å²) in [4.78, 5) is 12.5. The van der Waals surface area contributed by atoms with Gasteiger partial charge in [-0.05, 0) is 18.2 Å². The number of phenolic OH excluding ortho intramolecular Hbond substituents is 1. The zero-order valence-electron chi connectivity index (χ0n) is 11.0. The van der Waals surface area contributed by atoms with Crippen LogP contribution >= 0.6 is 0 Å². The molecule has 0 radical (unpaired) electrons. The summed E-state index contributed by atoms with van der Waals surface area (Å²) in [5, 5.41) is 10.1. The summed E-state index contributed by atoms with van der Waals surface area (Å²) in [6.45, 7) is 0.